The van der Waals surface area contributed by atoms with Gasteiger partial charge in [0, 0.05) is 58.2 Å². The molecule has 1 fully saturated rings. The van der Waals surface area contributed by atoms with Gasteiger partial charge in [0.2, 0.25) is 5.91 Å². The number of carbonyl (C=O) groups excluding carboxylic acids is 1. The van der Waals surface area contributed by atoms with Crippen LogP contribution in [-0.4, -0.2) is 58.9 Å². The van der Waals surface area contributed by atoms with Crippen molar-refractivity contribution in [3.05, 3.63) is 53.0 Å². The van der Waals surface area contributed by atoms with Gasteiger partial charge < -0.3 is 10.2 Å². The Morgan fingerprint density at radius 1 is 1.21 bits per heavy atom. The number of hydrogen-bond acceptors (Lipinski definition) is 5. The Hall–Kier alpha value is -2.47. The van der Waals surface area contributed by atoms with Crippen LogP contribution in [0.25, 0.3) is 0 Å². The van der Waals surface area contributed by atoms with E-state index in [2.05, 4.69) is 40.5 Å². The molecule has 1 aromatic heterocycles. The van der Waals surface area contributed by atoms with E-state index in [9.17, 15) is 4.79 Å². The molecule has 1 atom stereocenters. The predicted molar refractivity (Wildman–Crippen MR) is 110 cm³/mol. The van der Waals surface area contributed by atoms with Gasteiger partial charge in [-0.15, -0.1) is 0 Å². The highest BCUT2D eigenvalue weighted by Crippen LogP contribution is 2.30. The number of benzene rings is 1. The van der Waals surface area contributed by atoms with Crippen molar-refractivity contribution in [2.75, 3.05) is 38.5 Å². The number of likely N-dealkylation sites (tertiary alicyclic amines) is 1. The molecule has 0 bridgehead atoms. The summed E-state index contributed by atoms with van der Waals surface area (Å²) in [6, 6.07) is 10.7. The number of anilines is 1. The summed E-state index contributed by atoms with van der Waals surface area (Å²) < 4.78 is 0. The first kappa shape index (κ1) is 18.9. The third-order valence-corrected chi connectivity index (χ3v) is 5.96. The van der Waals surface area contributed by atoms with E-state index in [0.717, 1.165) is 69.3 Å². The molecule has 6 heteroatoms. The van der Waals surface area contributed by atoms with Gasteiger partial charge in [-0.05, 0) is 24.8 Å². The monoisotopic (exact) mass is 379 g/mol. The molecule has 28 heavy (non-hydrogen) atoms. The first-order chi connectivity index (χ1) is 13.6. The lowest BCUT2D eigenvalue weighted by molar-refractivity contribution is -0.127. The molecule has 1 amide bonds. The minimum absolute atomic E-state index is 0.140. The molecule has 1 aromatic carbocycles. The van der Waals surface area contributed by atoms with E-state index < -0.39 is 0 Å². The van der Waals surface area contributed by atoms with Gasteiger partial charge in [0.1, 0.15) is 11.6 Å². The van der Waals surface area contributed by atoms with Crippen molar-refractivity contribution in [1.29, 1.82) is 0 Å². The smallest absolute Gasteiger partial charge is 0.219 e. The summed E-state index contributed by atoms with van der Waals surface area (Å²) in [5, 5.41) is 3.28. The van der Waals surface area contributed by atoms with Crippen LogP contribution in [0.4, 0.5) is 5.82 Å². The Labute approximate surface area is 167 Å². The van der Waals surface area contributed by atoms with Crippen molar-refractivity contribution in [3.8, 4) is 0 Å². The number of carbonyl (C=O) groups is 1. The summed E-state index contributed by atoms with van der Waals surface area (Å²) in [5.74, 6) is 2.23. The molecule has 0 radical (unpaired) electrons. The van der Waals surface area contributed by atoms with E-state index in [1.54, 1.807) is 6.92 Å². The maximum absolute atomic E-state index is 11.7. The molecule has 0 spiro atoms. The Morgan fingerprint density at radius 2 is 2.04 bits per heavy atom. The second-order valence-corrected chi connectivity index (χ2v) is 7.82. The zero-order valence-electron chi connectivity index (χ0n) is 16.8. The Balaban J connectivity index is 1.49. The highest BCUT2D eigenvalue weighted by atomic mass is 16.2. The van der Waals surface area contributed by atoms with E-state index in [-0.39, 0.29) is 11.8 Å². The summed E-state index contributed by atoms with van der Waals surface area (Å²) in [7, 11) is 1.94. The molecular weight excluding hydrogens is 350 g/mol. The van der Waals surface area contributed by atoms with Crippen LogP contribution in [0, 0.1) is 0 Å². The standard InChI is InChI=1S/C22H29N5O/c1-16(28)27-13-9-18(14-27)21-24-20-15-26(11-8-17-6-4-3-5-7-17)12-10-19(20)22(23-2)25-21/h3-7,18H,8-15H2,1-2H3,(H,23,24,25). The molecule has 148 valence electrons. The molecule has 2 aromatic rings. The predicted octanol–water partition coefficient (Wildman–Crippen LogP) is 2.45. The van der Waals surface area contributed by atoms with Gasteiger partial charge in [-0.1, -0.05) is 30.3 Å². The van der Waals surface area contributed by atoms with Crippen LogP contribution in [0.15, 0.2) is 30.3 Å². The number of fused-ring (bicyclic) bond motifs is 1. The fraction of sp³-hybridized carbons (Fsp3) is 0.500. The van der Waals surface area contributed by atoms with Gasteiger partial charge in [-0.3, -0.25) is 9.69 Å². The zero-order chi connectivity index (χ0) is 19.5. The van der Waals surface area contributed by atoms with Crippen molar-refractivity contribution < 1.29 is 4.79 Å². The Kier molecular flexibility index (Phi) is 5.57. The molecule has 4 rings (SSSR count). The van der Waals surface area contributed by atoms with Crippen LogP contribution in [0.1, 0.15) is 41.9 Å². The fourth-order valence-electron chi connectivity index (χ4n) is 4.27. The molecule has 1 unspecified atom stereocenters. The summed E-state index contributed by atoms with van der Waals surface area (Å²) in [5.41, 5.74) is 3.78. The highest BCUT2D eigenvalue weighted by Gasteiger charge is 2.30. The van der Waals surface area contributed by atoms with Crippen LogP contribution in [0.2, 0.25) is 0 Å². The topological polar surface area (TPSA) is 61.4 Å². The molecular formula is C22H29N5O. The van der Waals surface area contributed by atoms with Crippen LogP contribution in [-0.2, 0) is 24.2 Å². The third kappa shape index (κ3) is 4.02. The summed E-state index contributed by atoms with van der Waals surface area (Å²) in [6.45, 7) is 6.13. The maximum Gasteiger partial charge on any atom is 0.219 e. The average Bonchev–Trinajstić information content (AvgIpc) is 3.22. The number of amides is 1. The number of nitrogens with zero attached hydrogens (tertiary/aromatic N) is 4. The molecule has 0 saturated carbocycles. The van der Waals surface area contributed by atoms with Crippen molar-refractivity contribution >= 4 is 11.7 Å². The van der Waals surface area contributed by atoms with E-state index in [4.69, 9.17) is 9.97 Å². The lowest BCUT2D eigenvalue weighted by atomic mass is 10.0. The molecule has 6 nitrogen and oxygen atoms in total. The largest absolute Gasteiger partial charge is 0.373 e. The lowest BCUT2D eigenvalue weighted by Gasteiger charge is -2.29. The van der Waals surface area contributed by atoms with Crippen molar-refractivity contribution in [2.24, 2.45) is 0 Å². The van der Waals surface area contributed by atoms with E-state index in [1.165, 1.54) is 11.1 Å². The zero-order valence-corrected chi connectivity index (χ0v) is 16.8. The quantitative estimate of drug-likeness (QED) is 0.865. The number of nitrogens with one attached hydrogen (secondary N) is 1. The van der Waals surface area contributed by atoms with E-state index >= 15 is 0 Å². The van der Waals surface area contributed by atoms with Gasteiger partial charge in [0.15, 0.2) is 0 Å². The average molecular weight is 380 g/mol. The van der Waals surface area contributed by atoms with Gasteiger partial charge in [0.25, 0.3) is 0 Å². The van der Waals surface area contributed by atoms with Crippen LogP contribution < -0.4 is 5.32 Å². The summed E-state index contributed by atoms with van der Waals surface area (Å²) in [6.07, 6.45) is 2.98. The molecule has 3 heterocycles. The first-order valence-corrected chi connectivity index (χ1v) is 10.2. The lowest BCUT2D eigenvalue weighted by Crippen LogP contribution is -2.34. The molecule has 0 aliphatic carbocycles. The van der Waals surface area contributed by atoms with Crippen LogP contribution >= 0.6 is 0 Å². The normalized spacial score (nSPS) is 19.5. The van der Waals surface area contributed by atoms with Gasteiger partial charge in [0.05, 0.1) is 5.69 Å². The van der Waals surface area contributed by atoms with Gasteiger partial charge in [-0.25, -0.2) is 9.97 Å². The second kappa shape index (κ2) is 8.27. The van der Waals surface area contributed by atoms with Crippen molar-refractivity contribution in [1.82, 2.24) is 19.8 Å². The number of aromatic nitrogens is 2. The van der Waals surface area contributed by atoms with E-state index in [0.29, 0.717) is 0 Å². The van der Waals surface area contributed by atoms with Crippen molar-refractivity contribution in [3.63, 3.8) is 0 Å². The SMILES string of the molecule is CNc1nc(C2CCN(C(C)=O)C2)nc2c1CCN(CCc1ccccc1)C2. The van der Waals surface area contributed by atoms with Crippen LogP contribution in [0.5, 0.6) is 0 Å². The fourth-order valence-corrected chi connectivity index (χ4v) is 4.27. The van der Waals surface area contributed by atoms with Crippen LogP contribution in [0.3, 0.4) is 0 Å². The second-order valence-electron chi connectivity index (χ2n) is 7.82. The third-order valence-electron chi connectivity index (χ3n) is 5.96. The number of hydrogen-bond donors (Lipinski definition) is 1. The Morgan fingerprint density at radius 3 is 2.75 bits per heavy atom. The number of rotatable bonds is 5. The highest BCUT2D eigenvalue weighted by molar-refractivity contribution is 5.73. The van der Waals surface area contributed by atoms with Gasteiger partial charge >= 0.3 is 0 Å². The minimum atomic E-state index is 0.140. The van der Waals surface area contributed by atoms with Gasteiger partial charge in [-0.2, -0.15) is 0 Å². The molecule has 2 aliphatic rings. The molecule has 2 aliphatic heterocycles. The minimum Gasteiger partial charge on any atom is -0.373 e. The molecule has 1 N–H and O–H groups in total. The Bertz CT molecular complexity index is 838. The molecule has 1 saturated heterocycles. The maximum atomic E-state index is 11.7. The summed E-state index contributed by atoms with van der Waals surface area (Å²) in [4.78, 5) is 25.9. The first-order valence-electron chi connectivity index (χ1n) is 10.2. The summed E-state index contributed by atoms with van der Waals surface area (Å²) >= 11 is 0. The van der Waals surface area contributed by atoms with Crippen molar-refractivity contribution in [2.45, 2.75) is 38.6 Å². The van der Waals surface area contributed by atoms with E-state index in [1.807, 2.05) is 11.9 Å².